The van der Waals surface area contributed by atoms with Crippen molar-refractivity contribution >= 4 is 35.1 Å². The second kappa shape index (κ2) is 30.2. The van der Waals surface area contributed by atoms with E-state index in [1.165, 1.54) is 107 Å². The molecule has 0 radical (unpaired) electrons. The van der Waals surface area contributed by atoms with Crippen LogP contribution in [0.1, 0.15) is 162 Å². The molecule has 61 heavy (non-hydrogen) atoms. The Hall–Kier alpha value is -3.88. The summed E-state index contributed by atoms with van der Waals surface area (Å²) in [6.45, 7) is 12.4. The Morgan fingerprint density at radius 1 is 0.475 bits per heavy atom. The number of benzene rings is 2. The summed E-state index contributed by atoms with van der Waals surface area (Å²) in [7, 11) is 0. The van der Waals surface area contributed by atoms with E-state index in [1.807, 2.05) is 76.7 Å². The Kier molecular flexibility index (Phi) is 25.5. The highest BCUT2D eigenvalue weighted by atomic mass is 35.5. The molecular weight excluding hydrogens is 803 g/mol. The number of hydrogen-bond acceptors (Lipinski definition) is 8. The topological polar surface area (TPSA) is 104 Å². The van der Waals surface area contributed by atoms with Gasteiger partial charge in [-0.2, -0.15) is 0 Å². The molecule has 0 aliphatic rings. The lowest BCUT2D eigenvalue weighted by Crippen LogP contribution is -2.26. The number of halogens is 2. The van der Waals surface area contributed by atoms with Crippen LogP contribution in [0.15, 0.2) is 73.3 Å². The molecule has 2 heterocycles. The largest absolute Gasteiger partial charge is 0.425 e. The molecule has 0 N–H and O–H groups in total. The molecule has 0 saturated carbocycles. The number of nitrogens with zero attached hydrogens (tertiary/aromatic N) is 4. The minimum Gasteiger partial charge on any atom is -0.425 e. The number of rotatable bonds is 27. The zero-order valence-corrected chi connectivity index (χ0v) is 39.4. The average molecular weight is 876 g/mol. The van der Waals surface area contributed by atoms with Crippen molar-refractivity contribution in [3.63, 3.8) is 0 Å². The van der Waals surface area contributed by atoms with Gasteiger partial charge < -0.3 is 9.47 Å². The summed E-state index contributed by atoms with van der Waals surface area (Å²) in [5, 5.41) is -1.27. The molecule has 2 aromatic carbocycles. The summed E-state index contributed by atoms with van der Waals surface area (Å²) in [4.78, 5) is 42.2. The van der Waals surface area contributed by atoms with Gasteiger partial charge in [-0.25, -0.2) is 19.9 Å². The molecule has 4 rings (SSSR count). The zero-order chi connectivity index (χ0) is 44.2. The first-order valence-corrected chi connectivity index (χ1v) is 24.0. The van der Waals surface area contributed by atoms with Gasteiger partial charge in [-0.05, 0) is 97.2 Å². The number of hydrogen-bond donors (Lipinski definition) is 0. The van der Waals surface area contributed by atoms with Crippen molar-refractivity contribution in [2.24, 2.45) is 11.8 Å². The molecule has 2 aromatic heterocycles. The summed E-state index contributed by atoms with van der Waals surface area (Å²) >= 11 is 12.3. The zero-order valence-electron chi connectivity index (χ0n) is 37.9. The maximum absolute atomic E-state index is 12.1. The fourth-order valence-corrected chi connectivity index (χ4v) is 7.03. The van der Waals surface area contributed by atoms with E-state index in [0.717, 1.165) is 36.8 Å². The van der Waals surface area contributed by atoms with E-state index < -0.39 is 22.7 Å². The molecular formula is C51H72Cl2N4O4. The monoisotopic (exact) mass is 874 g/mol. The van der Waals surface area contributed by atoms with Crippen LogP contribution < -0.4 is 9.47 Å². The summed E-state index contributed by atoms with van der Waals surface area (Å²) in [6, 6.07) is 14.5. The van der Waals surface area contributed by atoms with Crippen LogP contribution in [0.3, 0.4) is 0 Å². The third kappa shape index (κ3) is 19.8. The first kappa shape index (κ1) is 51.5. The molecule has 0 bridgehead atoms. The standard InChI is InChI=1S/C26H37ClN2O2.C25H35ClN2O2/c1-4-6-7-8-9-10-11-12-13-21-18-28-25(29-19-21)22-14-16-23(17-15-22)31-26(30)24(27)20(3)5-2;1-4-6-7-8-9-10-11-12-20-17-27-24(28-18-20)21-13-15-22(16-14-21)30-25(29)23(26)19(3)5-2/h14-20,24H,4-13H2,1-3H3;13-19,23H,4-12H2,1-3H3. The van der Waals surface area contributed by atoms with Crippen LogP contribution in [-0.2, 0) is 22.4 Å². The molecule has 0 amide bonds. The third-order valence-corrected chi connectivity index (χ3v) is 12.4. The Labute approximate surface area is 377 Å². The molecule has 0 saturated heterocycles. The van der Waals surface area contributed by atoms with Gasteiger partial charge in [-0.15, -0.1) is 23.2 Å². The Bertz CT molecular complexity index is 1770. The van der Waals surface area contributed by atoms with Crippen LogP contribution >= 0.6 is 23.2 Å². The maximum Gasteiger partial charge on any atom is 0.329 e. The van der Waals surface area contributed by atoms with Gasteiger partial charge >= 0.3 is 11.9 Å². The summed E-state index contributed by atoms with van der Waals surface area (Å²) in [6.07, 6.45) is 31.0. The van der Waals surface area contributed by atoms with Gasteiger partial charge in [-0.3, -0.25) is 9.59 Å². The van der Waals surface area contributed by atoms with E-state index in [-0.39, 0.29) is 11.8 Å². The minimum atomic E-state index is -0.637. The molecule has 8 nitrogen and oxygen atoms in total. The first-order chi connectivity index (χ1) is 29.6. The van der Waals surface area contributed by atoms with Crippen molar-refractivity contribution in [1.82, 2.24) is 19.9 Å². The van der Waals surface area contributed by atoms with Crippen LogP contribution in [-0.4, -0.2) is 42.6 Å². The molecule has 4 atom stereocenters. The predicted molar refractivity (Wildman–Crippen MR) is 252 cm³/mol. The minimum absolute atomic E-state index is 0.0751. The van der Waals surface area contributed by atoms with Crippen molar-refractivity contribution in [3.05, 3.63) is 84.4 Å². The number of aromatic nitrogens is 4. The summed E-state index contributed by atoms with van der Waals surface area (Å²) in [5.74, 6) is 1.63. The summed E-state index contributed by atoms with van der Waals surface area (Å²) in [5.41, 5.74) is 4.14. The predicted octanol–water partition coefficient (Wildman–Crippen LogP) is 14.4. The molecule has 0 fully saturated rings. The SMILES string of the molecule is CCCCCCCCCCc1cnc(-c2ccc(OC(=O)C(Cl)C(C)CC)cc2)nc1.CCCCCCCCCc1cnc(-c2ccc(OC(=O)C(Cl)C(C)CC)cc2)nc1. The van der Waals surface area contributed by atoms with Crippen LogP contribution in [0.4, 0.5) is 0 Å². The number of carbonyl (C=O) groups is 2. The van der Waals surface area contributed by atoms with E-state index in [4.69, 9.17) is 32.7 Å². The highest BCUT2D eigenvalue weighted by molar-refractivity contribution is 6.30. The van der Waals surface area contributed by atoms with E-state index in [9.17, 15) is 9.59 Å². The fourth-order valence-electron chi connectivity index (χ4n) is 6.58. The number of aryl methyl sites for hydroxylation is 2. The van der Waals surface area contributed by atoms with Crippen LogP contribution in [0.5, 0.6) is 11.5 Å². The Balaban J connectivity index is 0.000000325. The van der Waals surface area contributed by atoms with Gasteiger partial charge in [0.15, 0.2) is 11.6 Å². The lowest BCUT2D eigenvalue weighted by molar-refractivity contribution is -0.135. The second-order valence-electron chi connectivity index (χ2n) is 16.4. The smallest absolute Gasteiger partial charge is 0.329 e. The Morgan fingerprint density at radius 3 is 1.07 bits per heavy atom. The number of alkyl halides is 2. The highest BCUT2D eigenvalue weighted by Gasteiger charge is 2.24. The van der Waals surface area contributed by atoms with Gasteiger partial charge in [0.25, 0.3) is 0 Å². The molecule has 4 aromatic rings. The second-order valence-corrected chi connectivity index (χ2v) is 17.3. The van der Waals surface area contributed by atoms with Crippen molar-refractivity contribution in [1.29, 1.82) is 0 Å². The quantitative estimate of drug-likeness (QED) is 0.0252. The van der Waals surface area contributed by atoms with Crippen LogP contribution in [0.2, 0.25) is 0 Å². The number of esters is 2. The van der Waals surface area contributed by atoms with E-state index in [1.54, 1.807) is 24.3 Å². The van der Waals surface area contributed by atoms with E-state index >= 15 is 0 Å². The van der Waals surface area contributed by atoms with Crippen molar-refractivity contribution < 1.29 is 19.1 Å². The van der Waals surface area contributed by atoms with Gasteiger partial charge in [0.2, 0.25) is 0 Å². The first-order valence-electron chi connectivity index (χ1n) is 23.1. The lowest BCUT2D eigenvalue weighted by atomic mass is 10.1. The van der Waals surface area contributed by atoms with Crippen LogP contribution in [0, 0.1) is 11.8 Å². The summed E-state index contributed by atoms with van der Waals surface area (Å²) < 4.78 is 10.8. The molecule has 0 spiro atoms. The molecule has 4 unspecified atom stereocenters. The fraction of sp³-hybridized carbons (Fsp3) is 0.569. The third-order valence-electron chi connectivity index (χ3n) is 11.2. The van der Waals surface area contributed by atoms with E-state index in [2.05, 4.69) is 33.8 Å². The number of unbranched alkanes of at least 4 members (excludes halogenated alkanes) is 13. The average Bonchev–Trinajstić information content (AvgIpc) is 3.29. The molecule has 10 heteroatoms. The number of ether oxygens (including phenoxy) is 2. The van der Waals surface area contributed by atoms with Gasteiger partial charge in [0.05, 0.1) is 0 Å². The number of carbonyl (C=O) groups excluding carboxylic acids is 2. The van der Waals surface area contributed by atoms with Crippen molar-refractivity contribution in [3.8, 4) is 34.3 Å². The van der Waals surface area contributed by atoms with Gasteiger partial charge in [0, 0.05) is 35.9 Å². The molecule has 0 aliphatic carbocycles. The Morgan fingerprint density at radius 2 is 0.770 bits per heavy atom. The maximum atomic E-state index is 12.1. The molecule has 0 aliphatic heterocycles. The molecule has 334 valence electrons. The van der Waals surface area contributed by atoms with Gasteiger partial charge in [-0.1, -0.05) is 138 Å². The normalized spacial score (nSPS) is 13.0. The highest BCUT2D eigenvalue weighted by Crippen LogP contribution is 2.24. The van der Waals surface area contributed by atoms with E-state index in [0.29, 0.717) is 23.1 Å². The van der Waals surface area contributed by atoms with Crippen molar-refractivity contribution in [2.45, 2.75) is 174 Å². The van der Waals surface area contributed by atoms with Gasteiger partial charge in [0.1, 0.15) is 22.3 Å². The van der Waals surface area contributed by atoms with Crippen LogP contribution in [0.25, 0.3) is 22.8 Å². The lowest BCUT2D eigenvalue weighted by Gasteiger charge is -2.14. The van der Waals surface area contributed by atoms with Crippen molar-refractivity contribution in [2.75, 3.05) is 0 Å².